The van der Waals surface area contributed by atoms with Crippen LogP contribution in [0.15, 0.2) is 46.7 Å². The molecule has 3 aromatic rings. The number of benzene rings is 2. The van der Waals surface area contributed by atoms with E-state index < -0.39 is 31.7 Å². The molecule has 188 valence electrons. The molecular formula is C23H22ClF3N2O4S2. The summed E-state index contributed by atoms with van der Waals surface area (Å²) in [7, 11) is -0.921. The molecule has 2 aromatic carbocycles. The number of hydrogen-bond donors (Lipinski definition) is 0. The Balaban J connectivity index is 1.49. The second kappa shape index (κ2) is 9.87. The number of aromatic nitrogens is 1. The van der Waals surface area contributed by atoms with Crippen molar-refractivity contribution < 1.29 is 31.1 Å². The highest BCUT2D eigenvalue weighted by Crippen LogP contribution is 2.38. The van der Waals surface area contributed by atoms with Crippen LogP contribution in [-0.2, 0) is 16.0 Å². The van der Waals surface area contributed by atoms with E-state index in [1.54, 1.807) is 20.3 Å². The summed E-state index contributed by atoms with van der Waals surface area (Å²) in [5.74, 6) is 1.19. The van der Waals surface area contributed by atoms with Gasteiger partial charge >= 0.3 is 6.18 Å². The van der Waals surface area contributed by atoms with Gasteiger partial charge in [-0.25, -0.2) is 13.4 Å². The van der Waals surface area contributed by atoms with Crippen LogP contribution in [0, 0.1) is 0 Å². The number of alkyl halides is 3. The Hall–Kier alpha value is -2.50. The molecule has 35 heavy (non-hydrogen) atoms. The van der Waals surface area contributed by atoms with Crippen LogP contribution in [0.2, 0.25) is 5.02 Å². The van der Waals surface area contributed by atoms with Gasteiger partial charge in [-0.05, 0) is 49.2 Å². The van der Waals surface area contributed by atoms with E-state index in [1.165, 1.54) is 11.3 Å². The maximum Gasteiger partial charge on any atom is 0.416 e. The van der Waals surface area contributed by atoms with E-state index in [0.29, 0.717) is 30.7 Å². The van der Waals surface area contributed by atoms with Gasteiger partial charge in [-0.2, -0.15) is 13.2 Å². The number of methoxy groups -OCH3 is 2. The van der Waals surface area contributed by atoms with Gasteiger partial charge in [0.2, 0.25) is 0 Å². The van der Waals surface area contributed by atoms with Crippen molar-refractivity contribution in [1.82, 2.24) is 4.98 Å². The van der Waals surface area contributed by atoms with Gasteiger partial charge in [0.05, 0.1) is 40.6 Å². The van der Waals surface area contributed by atoms with Crippen molar-refractivity contribution in [3.8, 4) is 22.8 Å². The van der Waals surface area contributed by atoms with Crippen LogP contribution in [0.25, 0.3) is 11.3 Å². The van der Waals surface area contributed by atoms with E-state index in [9.17, 15) is 21.6 Å². The minimum absolute atomic E-state index is 0.208. The molecule has 1 aliphatic heterocycles. The Morgan fingerprint density at radius 3 is 2.37 bits per heavy atom. The fraction of sp³-hybridized carbons (Fsp3) is 0.348. The summed E-state index contributed by atoms with van der Waals surface area (Å²) >= 11 is 7.43. The third kappa shape index (κ3) is 5.22. The second-order valence-corrected chi connectivity index (χ2v) is 11.4. The Labute approximate surface area is 210 Å². The van der Waals surface area contributed by atoms with Crippen LogP contribution in [0.5, 0.6) is 11.5 Å². The Morgan fingerprint density at radius 1 is 1.06 bits per heavy atom. The van der Waals surface area contributed by atoms with E-state index in [4.69, 9.17) is 21.1 Å². The molecule has 4 rings (SSSR count). The highest BCUT2D eigenvalue weighted by Gasteiger charge is 2.37. The van der Waals surface area contributed by atoms with Crippen LogP contribution in [0.3, 0.4) is 0 Å². The molecule has 0 bridgehead atoms. The molecule has 0 unspecified atom stereocenters. The van der Waals surface area contributed by atoms with E-state index in [1.807, 2.05) is 22.4 Å². The van der Waals surface area contributed by atoms with Crippen LogP contribution in [0.1, 0.15) is 18.4 Å². The van der Waals surface area contributed by atoms with Crippen LogP contribution < -0.4 is 14.4 Å². The van der Waals surface area contributed by atoms with Gasteiger partial charge in [-0.1, -0.05) is 11.6 Å². The van der Waals surface area contributed by atoms with Gasteiger partial charge in [0, 0.05) is 24.0 Å². The Kier molecular flexibility index (Phi) is 7.21. The molecule has 6 nitrogen and oxygen atoms in total. The summed E-state index contributed by atoms with van der Waals surface area (Å²) in [6.07, 6.45) is -4.16. The lowest BCUT2D eigenvalue weighted by Gasteiger charge is -2.31. The van der Waals surface area contributed by atoms with Crippen LogP contribution in [-0.4, -0.2) is 46.0 Å². The molecule has 1 aromatic heterocycles. The van der Waals surface area contributed by atoms with Crippen molar-refractivity contribution in [2.24, 2.45) is 0 Å². The number of thiazole rings is 1. The van der Waals surface area contributed by atoms with Gasteiger partial charge in [-0.15, -0.1) is 11.3 Å². The van der Waals surface area contributed by atoms with Crippen molar-refractivity contribution in [2.45, 2.75) is 29.2 Å². The Morgan fingerprint density at radius 2 is 1.74 bits per heavy atom. The molecule has 0 spiro atoms. The molecule has 12 heteroatoms. The van der Waals surface area contributed by atoms with Crippen LogP contribution in [0.4, 0.5) is 18.3 Å². The smallest absolute Gasteiger partial charge is 0.416 e. The maximum atomic E-state index is 13.1. The maximum absolute atomic E-state index is 13.1. The first kappa shape index (κ1) is 25.6. The third-order valence-electron chi connectivity index (χ3n) is 5.89. The summed E-state index contributed by atoms with van der Waals surface area (Å²) < 4.78 is 76.2. The summed E-state index contributed by atoms with van der Waals surface area (Å²) in [5.41, 5.74) is 0.557. The van der Waals surface area contributed by atoms with E-state index in [0.717, 1.165) is 28.5 Å². The highest BCUT2D eigenvalue weighted by atomic mass is 35.5. The standard InChI is InChI=1S/C23H22ClF3N2O4S2/c1-32-19-6-3-14(11-20(19)33-2)18-13-34-22(28-18)29-9-7-16(8-10-29)35(30,31)21-12-15(23(25,26)27)4-5-17(21)24/h3-6,11-13,16H,7-10H2,1-2H3. The summed E-state index contributed by atoms with van der Waals surface area (Å²) in [4.78, 5) is 6.19. The van der Waals surface area contributed by atoms with Crippen molar-refractivity contribution in [3.05, 3.63) is 52.4 Å². The lowest BCUT2D eigenvalue weighted by atomic mass is 10.1. The zero-order chi connectivity index (χ0) is 25.4. The summed E-state index contributed by atoms with van der Waals surface area (Å²) in [5, 5.41) is 1.61. The number of nitrogens with zero attached hydrogens (tertiary/aromatic N) is 2. The molecule has 1 aliphatic rings. The first-order valence-corrected chi connectivity index (χ1v) is 13.4. The first-order valence-electron chi connectivity index (χ1n) is 10.6. The summed E-state index contributed by atoms with van der Waals surface area (Å²) in [6.45, 7) is 0.804. The van der Waals surface area contributed by atoms with Gasteiger partial charge in [0.25, 0.3) is 0 Å². The fourth-order valence-corrected chi connectivity index (χ4v) is 7.12. The normalized spacial score (nSPS) is 15.3. The third-order valence-corrected chi connectivity index (χ3v) is 9.53. The number of halogens is 4. The molecule has 0 atom stereocenters. The van der Waals surface area contributed by atoms with Gasteiger partial charge < -0.3 is 14.4 Å². The van der Waals surface area contributed by atoms with Crippen molar-refractivity contribution in [1.29, 1.82) is 0 Å². The van der Waals surface area contributed by atoms with Crippen molar-refractivity contribution in [2.75, 3.05) is 32.2 Å². The zero-order valence-corrected chi connectivity index (χ0v) is 21.2. The molecule has 1 fully saturated rings. The molecular weight excluding hydrogens is 525 g/mol. The molecule has 0 amide bonds. The fourth-order valence-electron chi connectivity index (χ4n) is 3.97. The minimum atomic E-state index is -4.66. The SMILES string of the molecule is COc1ccc(-c2csc(N3CCC(S(=O)(=O)c4cc(C(F)(F)F)ccc4Cl)CC3)n2)cc1OC. The average molecular weight is 547 g/mol. The monoisotopic (exact) mass is 546 g/mol. The molecule has 0 N–H and O–H groups in total. The number of piperidine rings is 1. The number of hydrogen-bond acceptors (Lipinski definition) is 7. The quantitative estimate of drug-likeness (QED) is 0.381. The van der Waals surface area contributed by atoms with Crippen LogP contribution >= 0.6 is 22.9 Å². The van der Waals surface area contributed by atoms with E-state index >= 15 is 0 Å². The Bertz CT molecular complexity index is 1320. The predicted molar refractivity (Wildman–Crippen MR) is 130 cm³/mol. The second-order valence-electron chi connectivity index (χ2n) is 7.96. The van der Waals surface area contributed by atoms with Gasteiger partial charge in [0.1, 0.15) is 0 Å². The molecule has 1 saturated heterocycles. The topological polar surface area (TPSA) is 68.7 Å². The molecule has 0 radical (unpaired) electrons. The molecule has 2 heterocycles. The number of rotatable bonds is 6. The van der Waals surface area contributed by atoms with E-state index in [2.05, 4.69) is 4.98 Å². The number of sulfone groups is 1. The summed E-state index contributed by atoms with van der Waals surface area (Å²) in [6, 6.07) is 7.88. The lowest BCUT2D eigenvalue weighted by molar-refractivity contribution is -0.137. The zero-order valence-electron chi connectivity index (χ0n) is 18.8. The van der Waals surface area contributed by atoms with E-state index in [-0.39, 0.29) is 17.9 Å². The lowest BCUT2D eigenvalue weighted by Crippen LogP contribution is -2.39. The predicted octanol–water partition coefficient (Wildman–Crippen LogP) is 5.94. The minimum Gasteiger partial charge on any atom is -0.493 e. The molecule has 0 aliphatic carbocycles. The number of ether oxygens (including phenoxy) is 2. The van der Waals surface area contributed by atoms with Crippen molar-refractivity contribution in [3.63, 3.8) is 0 Å². The van der Waals surface area contributed by atoms with Gasteiger partial charge in [-0.3, -0.25) is 0 Å². The van der Waals surface area contributed by atoms with Gasteiger partial charge in [0.15, 0.2) is 26.5 Å². The largest absolute Gasteiger partial charge is 0.493 e. The number of anilines is 1. The van der Waals surface area contributed by atoms with Crippen molar-refractivity contribution >= 4 is 37.9 Å². The highest BCUT2D eigenvalue weighted by molar-refractivity contribution is 7.92. The average Bonchev–Trinajstić information content (AvgIpc) is 3.33. The molecule has 0 saturated carbocycles. The first-order chi connectivity index (χ1) is 16.5.